The fourth-order valence-corrected chi connectivity index (χ4v) is 3.94. The van der Waals surface area contributed by atoms with Gasteiger partial charge in [0.05, 0.1) is 15.9 Å². The summed E-state index contributed by atoms with van der Waals surface area (Å²) in [6.45, 7) is 4.98. The third kappa shape index (κ3) is 3.35. The third-order valence-corrected chi connectivity index (χ3v) is 5.40. The molecule has 0 aliphatic carbocycles. The Morgan fingerprint density at radius 2 is 2.11 bits per heavy atom. The largest absolute Gasteiger partial charge is 0.398 e. The fourth-order valence-electron chi connectivity index (χ4n) is 1.79. The molecule has 0 saturated carbocycles. The maximum Gasteiger partial charge on any atom is 0.0739 e. The predicted molar refractivity (Wildman–Crippen MR) is 88.5 cm³/mol. The lowest BCUT2D eigenvalue weighted by Gasteiger charge is -2.08. The average molecular weight is 405 g/mol. The fraction of sp³-hybridized carbons (Fsp3) is 0.308. The molecule has 0 radical (unpaired) electrons. The van der Waals surface area contributed by atoms with Crippen molar-refractivity contribution in [1.82, 2.24) is 9.78 Å². The van der Waals surface area contributed by atoms with Gasteiger partial charge in [-0.3, -0.25) is 4.68 Å². The Kier molecular flexibility index (Phi) is 4.97. The molecule has 0 spiro atoms. The topological polar surface area (TPSA) is 43.8 Å². The number of halogens is 2. The third-order valence-electron chi connectivity index (χ3n) is 2.79. The molecule has 3 nitrogen and oxygen atoms in total. The number of rotatable bonds is 4. The van der Waals surface area contributed by atoms with Gasteiger partial charge in [-0.2, -0.15) is 5.10 Å². The van der Waals surface area contributed by atoms with E-state index < -0.39 is 0 Å². The number of nitrogen functional groups attached to an aromatic ring is 1. The number of nitrogens with two attached hydrogens (primary N) is 1. The molecule has 2 N–H and O–H groups in total. The first-order chi connectivity index (χ1) is 9.02. The molecule has 19 heavy (non-hydrogen) atoms. The Morgan fingerprint density at radius 3 is 2.79 bits per heavy atom. The van der Waals surface area contributed by atoms with Gasteiger partial charge in [-0.25, -0.2) is 0 Å². The van der Waals surface area contributed by atoms with E-state index in [1.165, 1.54) is 5.69 Å². The van der Waals surface area contributed by atoms with Crippen LogP contribution in [-0.4, -0.2) is 9.78 Å². The van der Waals surface area contributed by atoms with E-state index in [0.717, 1.165) is 37.5 Å². The zero-order valence-corrected chi connectivity index (χ0v) is 14.8. The van der Waals surface area contributed by atoms with Crippen LogP contribution in [0, 0.1) is 6.92 Å². The van der Waals surface area contributed by atoms with Crippen LogP contribution in [0.2, 0.25) is 0 Å². The van der Waals surface area contributed by atoms with Crippen molar-refractivity contribution >= 4 is 49.3 Å². The van der Waals surface area contributed by atoms with Crippen LogP contribution in [0.3, 0.4) is 0 Å². The van der Waals surface area contributed by atoms with Crippen molar-refractivity contribution in [3.05, 3.63) is 38.5 Å². The number of hydrogen-bond acceptors (Lipinski definition) is 3. The summed E-state index contributed by atoms with van der Waals surface area (Å²) >= 11 is 8.81. The van der Waals surface area contributed by atoms with Crippen LogP contribution in [0.15, 0.2) is 32.0 Å². The summed E-state index contributed by atoms with van der Waals surface area (Å²) in [7, 11) is 0. The SMILES string of the molecule is CCn1nc(C)c(Br)c1CSc1cc(Br)ccc1N. The molecule has 1 heterocycles. The van der Waals surface area contributed by atoms with Crippen molar-refractivity contribution in [2.75, 3.05) is 5.73 Å². The lowest BCUT2D eigenvalue weighted by Crippen LogP contribution is -2.02. The molecular formula is C13H15Br2N3S. The predicted octanol–water partition coefficient (Wildman–Crippen LogP) is 4.61. The highest BCUT2D eigenvalue weighted by molar-refractivity contribution is 9.10. The maximum atomic E-state index is 5.99. The van der Waals surface area contributed by atoms with E-state index in [1.54, 1.807) is 11.8 Å². The normalized spacial score (nSPS) is 10.9. The van der Waals surface area contributed by atoms with E-state index in [9.17, 15) is 0 Å². The van der Waals surface area contributed by atoms with Crippen molar-refractivity contribution in [1.29, 1.82) is 0 Å². The summed E-state index contributed by atoms with van der Waals surface area (Å²) < 4.78 is 4.17. The first-order valence-electron chi connectivity index (χ1n) is 5.92. The van der Waals surface area contributed by atoms with E-state index in [-0.39, 0.29) is 0 Å². The van der Waals surface area contributed by atoms with Crippen molar-refractivity contribution in [2.45, 2.75) is 31.0 Å². The van der Waals surface area contributed by atoms with E-state index in [4.69, 9.17) is 5.73 Å². The summed E-state index contributed by atoms with van der Waals surface area (Å²) in [5.74, 6) is 0.843. The minimum Gasteiger partial charge on any atom is -0.398 e. The number of thioether (sulfide) groups is 1. The van der Waals surface area contributed by atoms with Crippen LogP contribution in [0.1, 0.15) is 18.3 Å². The Labute approximate surface area is 134 Å². The lowest BCUT2D eigenvalue weighted by atomic mass is 10.3. The van der Waals surface area contributed by atoms with Gasteiger partial charge in [-0.1, -0.05) is 15.9 Å². The van der Waals surface area contributed by atoms with Crippen molar-refractivity contribution in [2.24, 2.45) is 0 Å². The van der Waals surface area contributed by atoms with Crippen LogP contribution in [0.5, 0.6) is 0 Å². The van der Waals surface area contributed by atoms with Gasteiger partial charge in [0.25, 0.3) is 0 Å². The first kappa shape index (κ1) is 14.9. The summed E-state index contributed by atoms with van der Waals surface area (Å²) in [6, 6.07) is 5.92. The molecule has 2 rings (SSSR count). The number of benzene rings is 1. The van der Waals surface area contributed by atoms with Crippen LogP contribution in [0.25, 0.3) is 0 Å². The van der Waals surface area contributed by atoms with E-state index in [1.807, 2.05) is 29.8 Å². The molecule has 102 valence electrons. The highest BCUT2D eigenvalue weighted by atomic mass is 79.9. The van der Waals surface area contributed by atoms with Crippen LogP contribution in [-0.2, 0) is 12.3 Å². The first-order valence-corrected chi connectivity index (χ1v) is 8.49. The van der Waals surface area contributed by atoms with Crippen molar-refractivity contribution < 1.29 is 0 Å². The maximum absolute atomic E-state index is 5.99. The molecule has 6 heteroatoms. The summed E-state index contributed by atoms with van der Waals surface area (Å²) in [6.07, 6.45) is 0. The molecule has 1 aromatic carbocycles. The van der Waals surface area contributed by atoms with Gasteiger partial charge in [0, 0.05) is 27.4 Å². The second-order valence-electron chi connectivity index (χ2n) is 4.13. The van der Waals surface area contributed by atoms with Gasteiger partial charge in [0.2, 0.25) is 0 Å². The highest BCUT2D eigenvalue weighted by Gasteiger charge is 2.13. The van der Waals surface area contributed by atoms with Gasteiger partial charge in [-0.05, 0) is 48.0 Å². The Bertz CT molecular complexity index is 596. The Hall–Kier alpha value is -0.460. The Balaban J connectivity index is 2.21. The van der Waals surface area contributed by atoms with E-state index >= 15 is 0 Å². The summed E-state index contributed by atoms with van der Waals surface area (Å²) in [5.41, 5.74) is 9.03. The molecular weight excluding hydrogens is 390 g/mol. The molecule has 0 aliphatic heterocycles. The zero-order chi connectivity index (χ0) is 14.0. The molecule has 0 saturated heterocycles. The number of nitrogens with zero attached hydrogens (tertiary/aromatic N) is 2. The van der Waals surface area contributed by atoms with E-state index in [0.29, 0.717) is 0 Å². The van der Waals surface area contributed by atoms with Gasteiger partial charge >= 0.3 is 0 Å². The Morgan fingerprint density at radius 1 is 1.37 bits per heavy atom. The summed E-state index contributed by atoms with van der Waals surface area (Å²) in [5, 5.41) is 4.50. The standard InChI is InChI=1S/C13H15Br2N3S/c1-3-18-11(13(15)8(2)17-18)7-19-12-6-9(14)4-5-10(12)16/h4-6H,3,7,16H2,1-2H3. The van der Waals surface area contributed by atoms with Crippen molar-refractivity contribution in [3.8, 4) is 0 Å². The van der Waals surface area contributed by atoms with Crippen LogP contribution in [0.4, 0.5) is 5.69 Å². The lowest BCUT2D eigenvalue weighted by molar-refractivity contribution is 0.631. The molecule has 0 fully saturated rings. The number of hydrogen-bond donors (Lipinski definition) is 1. The minimum absolute atomic E-state index is 0.809. The molecule has 0 amide bonds. The van der Waals surface area contributed by atoms with Crippen molar-refractivity contribution in [3.63, 3.8) is 0 Å². The average Bonchev–Trinajstić information content (AvgIpc) is 2.66. The number of anilines is 1. The molecule has 0 unspecified atom stereocenters. The van der Waals surface area contributed by atoms with Gasteiger partial charge in [-0.15, -0.1) is 11.8 Å². The summed E-state index contributed by atoms with van der Waals surface area (Å²) in [4.78, 5) is 1.09. The quantitative estimate of drug-likeness (QED) is 0.597. The zero-order valence-electron chi connectivity index (χ0n) is 10.8. The smallest absolute Gasteiger partial charge is 0.0739 e. The number of aromatic nitrogens is 2. The van der Waals surface area contributed by atoms with Crippen LogP contribution < -0.4 is 5.73 Å². The highest BCUT2D eigenvalue weighted by Crippen LogP contribution is 2.33. The minimum atomic E-state index is 0.809. The molecule has 0 atom stereocenters. The van der Waals surface area contributed by atoms with E-state index in [2.05, 4.69) is 43.9 Å². The second-order valence-corrected chi connectivity index (χ2v) is 6.86. The van der Waals surface area contributed by atoms with Gasteiger partial charge < -0.3 is 5.73 Å². The number of aryl methyl sites for hydroxylation is 2. The van der Waals surface area contributed by atoms with Gasteiger partial charge in [0.15, 0.2) is 0 Å². The molecule has 1 aromatic heterocycles. The van der Waals surface area contributed by atoms with Gasteiger partial charge in [0.1, 0.15) is 0 Å². The van der Waals surface area contributed by atoms with Crippen LogP contribution >= 0.6 is 43.6 Å². The monoisotopic (exact) mass is 403 g/mol. The second kappa shape index (κ2) is 6.33. The molecule has 0 aliphatic rings. The molecule has 2 aromatic rings. The molecule has 0 bridgehead atoms.